The number of hydrogen-bond acceptors (Lipinski definition) is 3. The van der Waals surface area contributed by atoms with Crippen LogP contribution in [0.5, 0.6) is 0 Å². The van der Waals surface area contributed by atoms with E-state index in [0.717, 1.165) is 18.4 Å². The van der Waals surface area contributed by atoms with Gasteiger partial charge in [-0.3, -0.25) is 4.79 Å². The molecule has 0 fully saturated rings. The quantitative estimate of drug-likeness (QED) is 0.838. The summed E-state index contributed by atoms with van der Waals surface area (Å²) < 4.78 is 1.20. The average Bonchev–Trinajstić information content (AvgIpc) is 2.45. The molecule has 21 heavy (non-hydrogen) atoms. The van der Waals surface area contributed by atoms with Gasteiger partial charge in [0.15, 0.2) is 0 Å². The third kappa shape index (κ3) is 4.13. The third-order valence-corrected chi connectivity index (χ3v) is 3.98. The number of hydrogen-bond donors (Lipinski definition) is 1. The van der Waals surface area contributed by atoms with Crippen molar-refractivity contribution in [3.63, 3.8) is 0 Å². The third-order valence-electron chi connectivity index (χ3n) is 3.03. The van der Waals surface area contributed by atoms with E-state index in [2.05, 4.69) is 10.4 Å². The summed E-state index contributed by atoms with van der Waals surface area (Å²) in [5.41, 5.74) is 1.26. The molecular formula is C14H14Cl3N3O. The minimum Gasteiger partial charge on any atom is -0.382 e. The predicted molar refractivity (Wildman–Crippen MR) is 87.8 cm³/mol. The van der Waals surface area contributed by atoms with Crippen molar-refractivity contribution in [2.75, 3.05) is 11.9 Å². The first-order chi connectivity index (χ1) is 9.99. The van der Waals surface area contributed by atoms with Gasteiger partial charge in [-0.1, -0.05) is 40.9 Å². The number of nitrogens with zero attached hydrogens (tertiary/aromatic N) is 2. The van der Waals surface area contributed by atoms with Gasteiger partial charge >= 0.3 is 0 Å². The van der Waals surface area contributed by atoms with Gasteiger partial charge in [-0.2, -0.15) is 5.10 Å². The van der Waals surface area contributed by atoms with Crippen molar-refractivity contribution in [3.8, 4) is 0 Å². The van der Waals surface area contributed by atoms with Gasteiger partial charge < -0.3 is 5.32 Å². The lowest BCUT2D eigenvalue weighted by atomic mass is 10.1. The second-order valence-corrected chi connectivity index (χ2v) is 5.79. The molecular weight excluding hydrogens is 333 g/mol. The first-order valence-electron chi connectivity index (χ1n) is 6.38. The topological polar surface area (TPSA) is 46.9 Å². The van der Waals surface area contributed by atoms with Gasteiger partial charge in [0.05, 0.1) is 11.9 Å². The maximum atomic E-state index is 11.6. The number of anilines is 1. The summed E-state index contributed by atoms with van der Waals surface area (Å²) in [5, 5.41) is 8.46. The Labute approximate surface area is 137 Å². The number of nitrogens with one attached hydrogen (secondary N) is 1. The van der Waals surface area contributed by atoms with Gasteiger partial charge in [0.25, 0.3) is 5.56 Å². The molecule has 0 spiro atoms. The number of aromatic nitrogens is 2. The fourth-order valence-corrected chi connectivity index (χ4v) is 2.60. The second-order valence-electron chi connectivity index (χ2n) is 4.57. The zero-order chi connectivity index (χ0) is 15.4. The Morgan fingerprint density at radius 2 is 2.05 bits per heavy atom. The van der Waals surface area contributed by atoms with Crippen molar-refractivity contribution in [2.45, 2.75) is 12.8 Å². The van der Waals surface area contributed by atoms with Gasteiger partial charge in [0.1, 0.15) is 5.02 Å². The molecule has 112 valence electrons. The summed E-state index contributed by atoms with van der Waals surface area (Å²) in [6, 6.07) is 5.46. The van der Waals surface area contributed by atoms with E-state index in [9.17, 15) is 4.79 Å². The molecule has 1 aromatic heterocycles. The van der Waals surface area contributed by atoms with Crippen LogP contribution in [0.2, 0.25) is 15.1 Å². The van der Waals surface area contributed by atoms with E-state index in [-0.39, 0.29) is 10.6 Å². The lowest BCUT2D eigenvalue weighted by Crippen LogP contribution is -2.21. The van der Waals surface area contributed by atoms with E-state index >= 15 is 0 Å². The maximum absolute atomic E-state index is 11.6. The molecule has 2 aromatic rings. The van der Waals surface area contributed by atoms with Crippen LogP contribution in [-0.4, -0.2) is 16.3 Å². The Morgan fingerprint density at radius 1 is 1.29 bits per heavy atom. The maximum Gasteiger partial charge on any atom is 0.287 e. The van der Waals surface area contributed by atoms with E-state index in [1.54, 1.807) is 19.3 Å². The molecule has 0 unspecified atom stereocenters. The van der Waals surface area contributed by atoms with Crippen LogP contribution in [0.25, 0.3) is 0 Å². The number of halogens is 3. The van der Waals surface area contributed by atoms with Crippen LogP contribution in [0.15, 0.2) is 29.2 Å². The molecule has 0 atom stereocenters. The van der Waals surface area contributed by atoms with Crippen LogP contribution in [0.4, 0.5) is 5.69 Å². The van der Waals surface area contributed by atoms with Crippen LogP contribution in [0.1, 0.15) is 12.0 Å². The molecule has 1 N–H and O–H groups in total. The van der Waals surface area contributed by atoms with Crippen LogP contribution in [0.3, 0.4) is 0 Å². The highest BCUT2D eigenvalue weighted by Gasteiger charge is 2.07. The minimum atomic E-state index is -0.317. The fraction of sp³-hybridized carbons (Fsp3) is 0.286. The molecule has 4 nitrogen and oxygen atoms in total. The first kappa shape index (κ1) is 16.1. The van der Waals surface area contributed by atoms with Crippen LogP contribution in [0, 0.1) is 0 Å². The smallest absolute Gasteiger partial charge is 0.287 e. The van der Waals surface area contributed by atoms with Crippen molar-refractivity contribution in [2.24, 2.45) is 7.05 Å². The summed E-state index contributed by atoms with van der Waals surface area (Å²) in [5.74, 6) is 0. The molecule has 7 heteroatoms. The molecule has 0 bridgehead atoms. The van der Waals surface area contributed by atoms with Gasteiger partial charge in [-0.05, 0) is 30.5 Å². The second kappa shape index (κ2) is 7.16. The number of benzene rings is 1. The fourth-order valence-electron chi connectivity index (χ4n) is 1.86. The van der Waals surface area contributed by atoms with Crippen molar-refractivity contribution < 1.29 is 0 Å². The van der Waals surface area contributed by atoms with Gasteiger partial charge in [0.2, 0.25) is 0 Å². The Balaban J connectivity index is 1.90. The largest absolute Gasteiger partial charge is 0.382 e. The monoisotopic (exact) mass is 345 g/mol. The molecule has 0 aliphatic rings. The van der Waals surface area contributed by atoms with Crippen LogP contribution >= 0.6 is 34.8 Å². The summed E-state index contributed by atoms with van der Waals surface area (Å²) in [4.78, 5) is 11.6. The highest BCUT2D eigenvalue weighted by Crippen LogP contribution is 2.22. The van der Waals surface area contributed by atoms with Crippen LogP contribution in [-0.2, 0) is 13.5 Å². The summed E-state index contributed by atoms with van der Waals surface area (Å²) in [6.45, 7) is 0.660. The number of rotatable bonds is 5. The Kier molecular flexibility index (Phi) is 5.51. The zero-order valence-corrected chi connectivity index (χ0v) is 13.6. The van der Waals surface area contributed by atoms with Gasteiger partial charge in [0, 0.05) is 23.6 Å². The Bertz CT molecular complexity index is 700. The van der Waals surface area contributed by atoms with Crippen molar-refractivity contribution in [1.82, 2.24) is 9.78 Å². The molecule has 1 heterocycles. The lowest BCUT2D eigenvalue weighted by molar-refractivity contribution is 0.707. The van der Waals surface area contributed by atoms with Crippen molar-refractivity contribution in [1.29, 1.82) is 0 Å². The molecule has 0 aliphatic heterocycles. The summed E-state index contributed by atoms with van der Waals surface area (Å²) >= 11 is 17.9. The predicted octanol–water partition coefficient (Wildman–Crippen LogP) is 3.79. The van der Waals surface area contributed by atoms with Gasteiger partial charge in [-0.15, -0.1) is 0 Å². The zero-order valence-electron chi connectivity index (χ0n) is 11.4. The Morgan fingerprint density at radius 3 is 2.76 bits per heavy atom. The van der Waals surface area contributed by atoms with Gasteiger partial charge in [-0.25, -0.2) is 4.68 Å². The van der Waals surface area contributed by atoms with E-state index in [1.165, 1.54) is 4.68 Å². The van der Waals surface area contributed by atoms with Crippen molar-refractivity contribution in [3.05, 3.63) is 55.4 Å². The molecule has 1 aromatic carbocycles. The lowest BCUT2D eigenvalue weighted by Gasteiger charge is -2.09. The Hall–Kier alpha value is -1.23. The normalized spacial score (nSPS) is 10.7. The van der Waals surface area contributed by atoms with Crippen molar-refractivity contribution >= 4 is 40.5 Å². The highest BCUT2D eigenvalue weighted by atomic mass is 35.5. The molecule has 0 saturated heterocycles. The first-order valence-corrected chi connectivity index (χ1v) is 7.52. The van der Waals surface area contributed by atoms with E-state index in [4.69, 9.17) is 34.8 Å². The van der Waals surface area contributed by atoms with Crippen LogP contribution < -0.4 is 10.9 Å². The minimum absolute atomic E-state index is 0.150. The molecule has 0 amide bonds. The highest BCUT2D eigenvalue weighted by molar-refractivity contribution is 6.35. The standard InChI is InChI=1S/C14H14Cl3N3O/c1-20-14(21)13(17)12(8-19-20)18-6-2-3-9-4-5-10(15)7-11(9)16/h4-5,7-8,18H,2-3,6H2,1H3. The van der Waals surface area contributed by atoms with E-state index < -0.39 is 0 Å². The molecule has 0 aliphatic carbocycles. The SMILES string of the molecule is Cn1ncc(NCCCc2ccc(Cl)cc2Cl)c(Cl)c1=O. The summed E-state index contributed by atoms with van der Waals surface area (Å²) in [7, 11) is 1.56. The summed E-state index contributed by atoms with van der Waals surface area (Å²) in [6.07, 6.45) is 3.19. The average molecular weight is 347 g/mol. The molecule has 0 radical (unpaired) electrons. The molecule has 2 rings (SSSR count). The molecule has 0 saturated carbocycles. The van der Waals surface area contributed by atoms with E-state index in [1.807, 2.05) is 12.1 Å². The van der Waals surface area contributed by atoms with E-state index in [0.29, 0.717) is 22.3 Å². The number of aryl methyl sites for hydroxylation is 2.